The highest BCUT2D eigenvalue weighted by molar-refractivity contribution is 9.09. The van der Waals surface area contributed by atoms with E-state index >= 15 is 0 Å². The van der Waals surface area contributed by atoms with Crippen LogP contribution in [-0.4, -0.2) is 0 Å². The third kappa shape index (κ3) is 4.46. The molecule has 1 aromatic carbocycles. The number of alkyl halides is 1. The lowest BCUT2D eigenvalue weighted by Crippen LogP contribution is -2.07. The molecule has 0 aromatic heterocycles. The predicted octanol–water partition coefficient (Wildman–Crippen LogP) is 6.65. The van der Waals surface area contributed by atoms with E-state index in [9.17, 15) is 0 Å². The Morgan fingerprint density at radius 1 is 1.24 bits per heavy atom. The van der Waals surface area contributed by atoms with Gasteiger partial charge in [-0.25, -0.2) is 0 Å². The minimum absolute atomic E-state index is 0.323. The van der Waals surface area contributed by atoms with Gasteiger partial charge in [0.2, 0.25) is 0 Å². The van der Waals surface area contributed by atoms with Crippen molar-refractivity contribution in [2.45, 2.75) is 44.4 Å². The minimum Gasteiger partial charge on any atom is -0.0843 e. The maximum Gasteiger partial charge on any atom is 0.0464 e. The molecule has 0 radical (unpaired) electrons. The molecule has 0 heterocycles. The largest absolute Gasteiger partial charge is 0.0843 e. The van der Waals surface area contributed by atoms with Crippen molar-refractivity contribution in [3.05, 3.63) is 33.8 Å². The first-order valence-corrected chi connectivity index (χ1v) is 7.86. The fourth-order valence-electron chi connectivity index (χ4n) is 2.00. The predicted molar refractivity (Wildman–Crippen MR) is 81.4 cm³/mol. The number of hydrogen-bond acceptors (Lipinski definition) is 0. The van der Waals surface area contributed by atoms with E-state index in [4.69, 9.17) is 23.2 Å². The zero-order valence-electron chi connectivity index (χ0n) is 10.3. The lowest BCUT2D eigenvalue weighted by molar-refractivity contribution is 0.446. The fourth-order valence-corrected chi connectivity index (χ4v) is 3.70. The van der Waals surface area contributed by atoms with E-state index in [1.54, 1.807) is 0 Å². The van der Waals surface area contributed by atoms with Gasteiger partial charge in [0, 0.05) is 14.9 Å². The van der Waals surface area contributed by atoms with Crippen LogP contribution in [0.1, 0.15) is 49.9 Å². The van der Waals surface area contributed by atoms with Gasteiger partial charge < -0.3 is 0 Å². The van der Waals surface area contributed by atoms with Gasteiger partial charge in [-0.2, -0.15) is 0 Å². The van der Waals surface area contributed by atoms with Gasteiger partial charge in [-0.15, -0.1) is 0 Å². The Balaban J connectivity index is 2.81. The molecule has 0 aliphatic rings. The summed E-state index contributed by atoms with van der Waals surface area (Å²) in [5, 5.41) is 1.45. The second-order valence-corrected chi connectivity index (χ2v) is 6.21. The van der Waals surface area contributed by atoms with Gasteiger partial charge in [-0.3, -0.25) is 0 Å². The van der Waals surface area contributed by atoms with Crippen LogP contribution < -0.4 is 0 Å². The van der Waals surface area contributed by atoms with Crippen LogP contribution in [0.3, 0.4) is 0 Å². The standard InChI is InChI=1S/C14H19BrCl2/c1-3-5-6-10(4-2)14(15)12-8-7-11(16)9-13(12)17/h7-10,14H,3-6H2,1-2H3. The molecule has 2 unspecified atom stereocenters. The lowest BCUT2D eigenvalue weighted by Gasteiger charge is -2.22. The Morgan fingerprint density at radius 3 is 2.47 bits per heavy atom. The quantitative estimate of drug-likeness (QED) is 0.510. The van der Waals surface area contributed by atoms with Crippen LogP contribution in [-0.2, 0) is 0 Å². The molecule has 2 atom stereocenters. The zero-order valence-corrected chi connectivity index (χ0v) is 13.4. The van der Waals surface area contributed by atoms with Crippen molar-refractivity contribution in [1.29, 1.82) is 0 Å². The van der Waals surface area contributed by atoms with Crippen LogP contribution in [0.2, 0.25) is 10.0 Å². The van der Waals surface area contributed by atoms with Crippen LogP contribution in [0.15, 0.2) is 18.2 Å². The van der Waals surface area contributed by atoms with Crippen molar-refractivity contribution in [1.82, 2.24) is 0 Å². The molecule has 0 nitrogen and oxygen atoms in total. The van der Waals surface area contributed by atoms with Crippen LogP contribution in [0, 0.1) is 5.92 Å². The summed E-state index contributed by atoms with van der Waals surface area (Å²) in [5.41, 5.74) is 1.15. The Kier molecular flexibility index (Phi) is 6.91. The number of unbranched alkanes of at least 4 members (excludes halogenated alkanes) is 1. The normalized spacial score (nSPS) is 14.6. The van der Waals surface area contributed by atoms with Gasteiger partial charge in [-0.1, -0.05) is 78.3 Å². The van der Waals surface area contributed by atoms with Crippen LogP contribution in [0.5, 0.6) is 0 Å². The van der Waals surface area contributed by atoms with E-state index in [0.29, 0.717) is 15.8 Å². The average Bonchev–Trinajstić information content (AvgIpc) is 2.29. The van der Waals surface area contributed by atoms with Crippen LogP contribution in [0.25, 0.3) is 0 Å². The van der Waals surface area contributed by atoms with Gasteiger partial charge >= 0.3 is 0 Å². The van der Waals surface area contributed by atoms with Gasteiger partial charge in [-0.05, 0) is 30.0 Å². The SMILES string of the molecule is CCCCC(CC)C(Br)c1ccc(Cl)cc1Cl. The first kappa shape index (κ1) is 15.3. The van der Waals surface area contributed by atoms with Crippen LogP contribution in [0.4, 0.5) is 0 Å². The Bertz CT molecular complexity index is 352. The molecule has 1 rings (SSSR count). The maximum atomic E-state index is 6.25. The topological polar surface area (TPSA) is 0 Å². The summed E-state index contributed by atoms with van der Waals surface area (Å²) in [6.07, 6.45) is 4.91. The smallest absolute Gasteiger partial charge is 0.0464 e. The summed E-state index contributed by atoms with van der Waals surface area (Å²) in [6, 6.07) is 5.75. The Labute approximate surface area is 123 Å². The molecule has 0 saturated heterocycles. The second-order valence-electron chi connectivity index (χ2n) is 4.38. The molecule has 0 amide bonds. The molecule has 3 heteroatoms. The van der Waals surface area contributed by atoms with E-state index in [-0.39, 0.29) is 0 Å². The molecule has 0 saturated carbocycles. The number of hydrogen-bond donors (Lipinski definition) is 0. The van der Waals surface area contributed by atoms with E-state index in [1.807, 2.05) is 18.2 Å². The summed E-state index contributed by atoms with van der Waals surface area (Å²) in [6.45, 7) is 4.46. The molecular formula is C14H19BrCl2. The highest BCUT2D eigenvalue weighted by Gasteiger charge is 2.20. The van der Waals surface area contributed by atoms with E-state index in [1.165, 1.54) is 19.3 Å². The third-order valence-electron chi connectivity index (χ3n) is 3.13. The highest BCUT2D eigenvalue weighted by Crippen LogP contribution is 2.40. The maximum absolute atomic E-state index is 6.25. The lowest BCUT2D eigenvalue weighted by atomic mass is 9.92. The second kappa shape index (κ2) is 7.66. The molecule has 0 spiro atoms. The van der Waals surface area contributed by atoms with E-state index in [2.05, 4.69) is 29.8 Å². The van der Waals surface area contributed by atoms with Gasteiger partial charge in [0.05, 0.1) is 0 Å². The first-order valence-electron chi connectivity index (χ1n) is 6.19. The summed E-state index contributed by atoms with van der Waals surface area (Å²) < 4.78 is 0. The summed E-state index contributed by atoms with van der Waals surface area (Å²) >= 11 is 16.0. The summed E-state index contributed by atoms with van der Waals surface area (Å²) in [7, 11) is 0. The number of halogens is 3. The minimum atomic E-state index is 0.323. The van der Waals surface area contributed by atoms with Crippen molar-refractivity contribution in [2.24, 2.45) is 5.92 Å². The number of benzene rings is 1. The Morgan fingerprint density at radius 2 is 1.94 bits per heavy atom. The highest BCUT2D eigenvalue weighted by atomic mass is 79.9. The average molecular weight is 338 g/mol. The first-order chi connectivity index (χ1) is 8.10. The molecule has 0 N–H and O–H groups in total. The van der Waals surface area contributed by atoms with E-state index in [0.717, 1.165) is 17.0 Å². The van der Waals surface area contributed by atoms with Crippen molar-refractivity contribution >= 4 is 39.1 Å². The fraction of sp³-hybridized carbons (Fsp3) is 0.571. The molecular weight excluding hydrogens is 319 g/mol. The summed E-state index contributed by atoms with van der Waals surface area (Å²) in [4.78, 5) is 0.323. The molecule has 1 aromatic rings. The van der Waals surface area contributed by atoms with Gasteiger partial charge in [0.25, 0.3) is 0 Å². The Hall–Kier alpha value is 0.280. The van der Waals surface area contributed by atoms with Gasteiger partial charge in [0.15, 0.2) is 0 Å². The molecule has 0 aliphatic heterocycles. The monoisotopic (exact) mass is 336 g/mol. The third-order valence-corrected chi connectivity index (χ3v) is 4.93. The number of rotatable bonds is 6. The molecule has 0 fully saturated rings. The van der Waals surface area contributed by atoms with Crippen LogP contribution >= 0.6 is 39.1 Å². The van der Waals surface area contributed by atoms with Crippen molar-refractivity contribution in [3.8, 4) is 0 Å². The van der Waals surface area contributed by atoms with E-state index < -0.39 is 0 Å². The van der Waals surface area contributed by atoms with Crippen molar-refractivity contribution in [2.75, 3.05) is 0 Å². The molecule has 0 aliphatic carbocycles. The zero-order chi connectivity index (χ0) is 12.8. The molecule has 0 bridgehead atoms. The van der Waals surface area contributed by atoms with Crippen molar-refractivity contribution < 1.29 is 0 Å². The molecule has 96 valence electrons. The van der Waals surface area contributed by atoms with Gasteiger partial charge in [0.1, 0.15) is 0 Å². The van der Waals surface area contributed by atoms with Crippen molar-refractivity contribution in [3.63, 3.8) is 0 Å². The molecule has 17 heavy (non-hydrogen) atoms. The summed E-state index contributed by atoms with van der Waals surface area (Å²) in [5.74, 6) is 0.633.